The summed E-state index contributed by atoms with van der Waals surface area (Å²) in [5.41, 5.74) is 8.77. The summed E-state index contributed by atoms with van der Waals surface area (Å²) in [6, 6.07) is 14.9. The van der Waals surface area contributed by atoms with E-state index < -0.39 is 6.10 Å². The number of rotatable bonds is 2. The Hall–Kier alpha value is -2.37. The van der Waals surface area contributed by atoms with Gasteiger partial charge in [-0.05, 0) is 48.2 Å². The van der Waals surface area contributed by atoms with Crippen molar-refractivity contribution < 1.29 is 14.6 Å². The van der Waals surface area contributed by atoms with Gasteiger partial charge in [0.15, 0.2) is 0 Å². The van der Waals surface area contributed by atoms with Gasteiger partial charge in [0.05, 0.1) is 19.3 Å². The molecule has 1 fully saturated rings. The number of likely N-dealkylation sites (tertiary alicyclic amines) is 1. The van der Waals surface area contributed by atoms with Gasteiger partial charge in [0.1, 0.15) is 5.75 Å². The van der Waals surface area contributed by atoms with Crippen LogP contribution in [0.3, 0.4) is 0 Å². The lowest BCUT2D eigenvalue weighted by Crippen LogP contribution is -2.50. The van der Waals surface area contributed by atoms with Gasteiger partial charge in [0.2, 0.25) is 0 Å². The third-order valence-corrected chi connectivity index (χ3v) is 6.04. The van der Waals surface area contributed by atoms with Crippen molar-refractivity contribution in [3.63, 3.8) is 0 Å². The first-order chi connectivity index (χ1) is 12.6. The summed E-state index contributed by atoms with van der Waals surface area (Å²) in [5, 5.41) is 10.9. The molecule has 2 aliphatic rings. The van der Waals surface area contributed by atoms with Crippen LogP contribution in [-0.2, 0) is 5.41 Å². The van der Waals surface area contributed by atoms with Crippen LogP contribution >= 0.6 is 0 Å². The van der Waals surface area contributed by atoms with Gasteiger partial charge in [-0.2, -0.15) is 0 Å². The fraction of sp³-hybridized carbons (Fsp3) is 0.381. The minimum absolute atomic E-state index is 0.0209. The molecule has 1 amide bonds. The minimum atomic E-state index is -0.599. The number of ether oxygens (including phenoxy) is 1. The summed E-state index contributed by atoms with van der Waals surface area (Å²) in [6.45, 7) is 1.23. The molecular formula is C21H24N2O3. The molecule has 3 N–H and O–H groups in total. The Morgan fingerprint density at radius 2 is 1.81 bits per heavy atom. The number of hydrogen-bond donors (Lipinski definition) is 2. The molecule has 1 heterocycles. The third-order valence-electron chi connectivity index (χ3n) is 6.04. The molecule has 1 spiro atoms. The van der Waals surface area contributed by atoms with Crippen LogP contribution in [-0.4, -0.2) is 42.2 Å². The molecule has 2 atom stereocenters. The van der Waals surface area contributed by atoms with Crippen LogP contribution in [0.15, 0.2) is 48.5 Å². The molecule has 0 unspecified atom stereocenters. The van der Waals surface area contributed by atoms with Gasteiger partial charge in [-0.3, -0.25) is 4.79 Å². The average molecular weight is 352 g/mol. The maximum absolute atomic E-state index is 12.8. The zero-order valence-electron chi connectivity index (χ0n) is 14.9. The number of piperidine rings is 1. The first-order valence-corrected chi connectivity index (χ1v) is 9.03. The quantitative estimate of drug-likeness (QED) is 0.869. The SMILES string of the molecule is COc1ccc(C(=O)N2CCC3(CC2)c2ccccc2[C@@H](N)[C@@H]3O)cc1. The van der Waals surface area contributed by atoms with Gasteiger partial charge in [0, 0.05) is 24.1 Å². The number of aliphatic hydroxyl groups excluding tert-OH is 1. The van der Waals surface area contributed by atoms with Crippen molar-refractivity contribution in [2.24, 2.45) is 5.73 Å². The maximum atomic E-state index is 12.8. The fourth-order valence-corrected chi connectivity index (χ4v) is 4.50. The second-order valence-corrected chi connectivity index (χ2v) is 7.23. The Morgan fingerprint density at radius 1 is 1.15 bits per heavy atom. The average Bonchev–Trinajstić information content (AvgIpc) is 2.91. The van der Waals surface area contributed by atoms with Gasteiger partial charge < -0.3 is 20.5 Å². The summed E-state index contributed by atoms with van der Waals surface area (Å²) in [4.78, 5) is 14.7. The Balaban J connectivity index is 1.53. The lowest BCUT2D eigenvalue weighted by atomic mass is 9.72. The molecule has 2 aromatic carbocycles. The molecule has 4 rings (SSSR count). The number of hydrogen-bond acceptors (Lipinski definition) is 4. The third kappa shape index (κ3) is 2.50. The number of benzene rings is 2. The lowest BCUT2D eigenvalue weighted by Gasteiger charge is -2.42. The largest absolute Gasteiger partial charge is 0.497 e. The van der Waals surface area contributed by atoms with Gasteiger partial charge >= 0.3 is 0 Å². The lowest BCUT2D eigenvalue weighted by molar-refractivity contribution is 0.0262. The van der Waals surface area contributed by atoms with Gasteiger partial charge in [-0.25, -0.2) is 0 Å². The highest BCUT2D eigenvalue weighted by Gasteiger charge is 2.51. The summed E-state index contributed by atoms with van der Waals surface area (Å²) in [7, 11) is 1.61. The first kappa shape index (κ1) is 17.1. The highest BCUT2D eigenvalue weighted by Crippen LogP contribution is 2.50. The van der Waals surface area contributed by atoms with Crippen molar-refractivity contribution >= 4 is 5.91 Å². The van der Waals surface area contributed by atoms with E-state index in [-0.39, 0.29) is 17.4 Å². The molecule has 1 aliphatic carbocycles. The number of carbonyl (C=O) groups is 1. The second-order valence-electron chi connectivity index (χ2n) is 7.23. The van der Waals surface area contributed by atoms with Crippen molar-refractivity contribution in [3.05, 3.63) is 65.2 Å². The Kier molecular flexibility index (Phi) is 4.21. The highest BCUT2D eigenvalue weighted by molar-refractivity contribution is 5.94. The van der Waals surface area contributed by atoms with Crippen LogP contribution in [0.25, 0.3) is 0 Å². The summed E-state index contributed by atoms with van der Waals surface area (Å²) in [5.74, 6) is 0.756. The molecule has 136 valence electrons. The Morgan fingerprint density at radius 3 is 2.46 bits per heavy atom. The molecule has 0 bridgehead atoms. The van der Waals surface area contributed by atoms with E-state index in [1.807, 2.05) is 23.1 Å². The number of carbonyl (C=O) groups excluding carboxylic acids is 1. The van der Waals surface area contributed by atoms with Crippen LogP contribution < -0.4 is 10.5 Å². The van der Waals surface area contributed by atoms with Crippen LogP contribution in [0.2, 0.25) is 0 Å². The number of nitrogens with two attached hydrogens (primary N) is 1. The molecular weight excluding hydrogens is 328 g/mol. The topological polar surface area (TPSA) is 75.8 Å². The standard InChI is InChI=1S/C21H24N2O3/c1-26-15-8-6-14(7-9-15)20(25)23-12-10-21(11-13-23)17-5-3-2-4-16(17)18(22)19(21)24/h2-9,18-19,24H,10-13,22H2,1H3/t18-,19+/m1/s1. The monoisotopic (exact) mass is 352 g/mol. The summed E-state index contributed by atoms with van der Waals surface area (Å²) in [6.07, 6.45) is 0.847. The second kappa shape index (κ2) is 6.41. The normalized spacial score (nSPS) is 23.7. The van der Waals surface area contributed by atoms with E-state index in [2.05, 4.69) is 6.07 Å². The summed E-state index contributed by atoms with van der Waals surface area (Å²) >= 11 is 0. The van der Waals surface area contributed by atoms with E-state index in [9.17, 15) is 9.90 Å². The molecule has 1 aliphatic heterocycles. The van der Waals surface area contributed by atoms with E-state index in [0.29, 0.717) is 18.7 Å². The van der Waals surface area contributed by atoms with E-state index in [1.54, 1.807) is 31.4 Å². The van der Waals surface area contributed by atoms with Gasteiger partial charge in [-0.1, -0.05) is 24.3 Å². The van der Waals surface area contributed by atoms with E-state index in [4.69, 9.17) is 10.5 Å². The van der Waals surface area contributed by atoms with E-state index >= 15 is 0 Å². The number of amides is 1. The number of methoxy groups -OCH3 is 1. The Bertz CT molecular complexity index is 810. The van der Waals surface area contributed by atoms with Crippen molar-refractivity contribution in [3.8, 4) is 5.75 Å². The highest BCUT2D eigenvalue weighted by atomic mass is 16.5. The minimum Gasteiger partial charge on any atom is -0.497 e. The zero-order valence-corrected chi connectivity index (χ0v) is 14.9. The molecule has 26 heavy (non-hydrogen) atoms. The van der Waals surface area contributed by atoms with Crippen molar-refractivity contribution in [2.45, 2.75) is 30.4 Å². The number of nitrogens with zero attached hydrogens (tertiary/aromatic N) is 1. The molecule has 2 aromatic rings. The van der Waals surface area contributed by atoms with Crippen molar-refractivity contribution in [1.29, 1.82) is 0 Å². The molecule has 1 saturated heterocycles. The zero-order chi connectivity index (χ0) is 18.3. The number of fused-ring (bicyclic) bond motifs is 2. The van der Waals surface area contributed by atoms with E-state index in [0.717, 1.165) is 29.7 Å². The fourth-order valence-electron chi connectivity index (χ4n) is 4.50. The van der Waals surface area contributed by atoms with Crippen LogP contribution in [0, 0.1) is 0 Å². The van der Waals surface area contributed by atoms with Crippen molar-refractivity contribution in [1.82, 2.24) is 4.90 Å². The molecule has 0 aromatic heterocycles. The smallest absolute Gasteiger partial charge is 0.253 e. The van der Waals surface area contributed by atoms with Crippen LogP contribution in [0.5, 0.6) is 5.75 Å². The summed E-state index contributed by atoms with van der Waals surface area (Å²) < 4.78 is 5.15. The molecule has 0 radical (unpaired) electrons. The van der Waals surface area contributed by atoms with Gasteiger partial charge in [0.25, 0.3) is 5.91 Å². The molecule has 5 nitrogen and oxygen atoms in total. The predicted molar refractivity (Wildman–Crippen MR) is 99.2 cm³/mol. The number of aliphatic hydroxyl groups is 1. The van der Waals surface area contributed by atoms with Gasteiger partial charge in [-0.15, -0.1) is 0 Å². The Labute approximate surface area is 153 Å². The predicted octanol–water partition coefficient (Wildman–Crippen LogP) is 2.24. The molecule has 0 saturated carbocycles. The van der Waals surface area contributed by atoms with Crippen LogP contribution in [0.1, 0.15) is 40.4 Å². The first-order valence-electron chi connectivity index (χ1n) is 9.03. The maximum Gasteiger partial charge on any atom is 0.253 e. The van der Waals surface area contributed by atoms with E-state index in [1.165, 1.54) is 0 Å². The van der Waals surface area contributed by atoms with Crippen molar-refractivity contribution in [2.75, 3.05) is 20.2 Å². The van der Waals surface area contributed by atoms with Crippen LogP contribution in [0.4, 0.5) is 0 Å². The molecule has 5 heteroatoms.